The Balaban J connectivity index is 5.24. The van der Waals surface area contributed by atoms with E-state index in [-0.39, 0.29) is 25.7 Å². The van der Waals surface area contributed by atoms with Gasteiger partial charge in [-0.2, -0.15) is 0 Å². The van der Waals surface area contributed by atoms with Gasteiger partial charge < -0.3 is 33.8 Å². The molecule has 642 valence electrons. The zero-order valence-electron chi connectivity index (χ0n) is 71.3. The Morgan fingerprint density at radius 3 is 0.630 bits per heavy atom. The SMILES string of the molecule is CCCCCCCCCCCCCCCCCCCCCCC(=O)OC[C@H](COP(=O)(O)OC[C@@H](O)COP(=O)(O)OC[C@@H](COC(=O)CCCCCCCCCCCC(C)C)OC(=O)CCCCCCCCCCCCCCC(C)C)OC(=O)CCCCCCCCCCCCCCCCCCCCC(C)C. The molecule has 17 nitrogen and oxygen atoms in total. The molecule has 3 N–H and O–H groups in total. The molecular weight excluding hydrogens is 1400 g/mol. The summed E-state index contributed by atoms with van der Waals surface area (Å²) in [6.45, 7) is 12.0. The molecule has 0 aromatic carbocycles. The predicted molar refractivity (Wildman–Crippen MR) is 446 cm³/mol. The molecule has 0 spiro atoms. The first kappa shape index (κ1) is 106. The summed E-state index contributed by atoms with van der Waals surface area (Å²) in [6.07, 6.45) is 70.9. The molecule has 0 saturated heterocycles. The van der Waals surface area contributed by atoms with E-state index in [0.717, 1.165) is 108 Å². The number of carbonyl (C=O) groups excluding carboxylic acids is 4. The van der Waals surface area contributed by atoms with Crippen molar-refractivity contribution in [3.8, 4) is 0 Å². The van der Waals surface area contributed by atoms with Crippen molar-refractivity contribution < 1.29 is 80.2 Å². The van der Waals surface area contributed by atoms with Crippen LogP contribution in [0.4, 0.5) is 0 Å². The van der Waals surface area contributed by atoms with E-state index in [2.05, 4.69) is 48.5 Å². The highest BCUT2D eigenvalue weighted by molar-refractivity contribution is 7.47. The molecule has 0 rings (SSSR count). The number of phosphoric ester groups is 2. The van der Waals surface area contributed by atoms with Crippen LogP contribution in [0.1, 0.15) is 472 Å². The van der Waals surface area contributed by atoms with Crippen LogP contribution in [0.15, 0.2) is 0 Å². The number of unbranched alkanes of at least 4 members (excludes halogenated alkanes) is 55. The van der Waals surface area contributed by atoms with Crippen LogP contribution in [-0.4, -0.2) is 96.7 Å². The van der Waals surface area contributed by atoms with Crippen LogP contribution in [0.25, 0.3) is 0 Å². The van der Waals surface area contributed by atoms with Gasteiger partial charge in [-0.15, -0.1) is 0 Å². The average molecular weight is 1580 g/mol. The second-order valence-corrected chi connectivity index (χ2v) is 36.3. The molecule has 0 aliphatic carbocycles. The smallest absolute Gasteiger partial charge is 0.462 e. The standard InChI is InChI=1S/C89H174O17P2/c1-8-9-10-11-12-13-14-15-16-17-18-19-23-26-29-35-42-49-56-63-70-86(91)99-76-84(105-88(93)72-65-58-51-43-36-30-27-24-21-20-22-25-28-33-39-46-53-60-67-80(2)3)78-103-107(95,96)101-74-83(90)75-102-108(97,98)104-79-85(77-100-87(92)71-64-57-50-45-38-41-48-55-62-69-82(6)7)106-89(94)73-66-59-52-44-37-32-31-34-40-47-54-61-68-81(4)5/h80-85,90H,8-79H2,1-7H3,(H,95,96)(H,97,98)/t83-,84-,85-/m1/s1. The summed E-state index contributed by atoms with van der Waals surface area (Å²) in [7, 11) is -9.93. The summed E-state index contributed by atoms with van der Waals surface area (Å²) in [5, 5.41) is 10.7. The highest BCUT2D eigenvalue weighted by atomic mass is 31.2. The van der Waals surface area contributed by atoms with E-state index in [4.69, 9.17) is 37.0 Å². The van der Waals surface area contributed by atoms with Gasteiger partial charge in [0.15, 0.2) is 12.2 Å². The predicted octanol–water partition coefficient (Wildman–Crippen LogP) is 27.3. The average Bonchev–Trinajstić information content (AvgIpc) is 0.900. The first-order valence-corrected chi connectivity index (χ1v) is 48.8. The molecule has 0 fully saturated rings. The number of hydrogen-bond donors (Lipinski definition) is 3. The van der Waals surface area contributed by atoms with E-state index in [1.807, 2.05) is 0 Å². The summed E-state index contributed by atoms with van der Waals surface area (Å²) < 4.78 is 69.0. The Morgan fingerprint density at radius 1 is 0.250 bits per heavy atom. The van der Waals surface area contributed by atoms with E-state index in [1.165, 1.54) is 283 Å². The van der Waals surface area contributed by atoms with E-state index >= 15 is 0 Å². The summed E-state index contributed by atoms with van der Waals surface area (Å²) in [6, 6.07) is 0. The Labute approximate surface area is 664 Å². The van der Waals surface area contributed by atoms with Crippen LogP contribution in [0.2, 0.25) is 0 Å². The maximum Gasteiger partial charge on any atom is 0.472 e. The number of esters is 4. The van der Waals surface area contributed by atoms with Crippen LogP contribution >= 0.6 is 15.6 Å². The van der Waals surface area contributed by atoms with Crippen molar-refractivity contribution in [3.05, 3.63) is 0 Å². The quantitative estimate of drug-likeness (QED) is 0.0222. The largest absolute Gasteiger partial charge is 0.472 e. The number of rotatable bonds is 87. The number of phosphoric acid groups is 2. The number of carbonyl (C=O) groups is 4. The summed E-state index contributed by atoms with van der Waals surface area (Å²) >= 11 is 0. The zero-order chi connectivity index (χ0) is 79.3. The molecule has 5 atom stereocenters. The first-order valence-electron chi connectivity index (χ1n) is 45.8. The number of aliphatic hydroxyl groups excluding tert-OH is 1. The summed E-state index contributed by atoms with van der Waals surface area (Å²) in [4.78, 5) is 73.3. The maximum atomic E-state index is 13.2. The van der Waals surface area contributed by atoms with Crippen molar-refractivity contribution >= 4 is 39.5 Å². The van der Waals surface area contributed by atoms with Crippen molar-refractivity contribution in [1.29, 1.82) is 0 Å². The molecule has 0 amide bonds. The Kier molecular flexibility index (Phi) is 77.5. The third-order valence-electron chi connectivity index (χ3n) is 20.9. The second kappa shape index (κ2) is 78.9. The summed E-state index contributed by atoms with van der Waals surface area (Å²) in [5.74, 6) is 0.239. The third-order valence-corrected chi connectivity index (χ3v) is 22.8. The molecule has 0 aliphatic heterocycles. The van der Waals surface area contributed by atoms with Gasteiger partial charge in [-0.3, -0.25) is 37.3 Å². The Hall–Kier alpha value is -1.94. The number of ether oxygens (including phenoxy) is 4. The van der Waals surface area contributed by atoms with Crippen molar-refractivity contribution in [2.24, 2.45) is 17.8 Å². The highest BCUT2D eigenvalue weighted by Gasteiger charge is 2.31. The first-order chi connectivity index (χ1) is 52.2. The molecule has 108 heavy (non-hydrogen) atoms. The molecule has 0 aliphatic rings. The van der Waals surface area contributed by atoms with Crippen molar-refractivity contribution in [2.45, 2.75) is 491 Å². The Morgan fingerprint density at radius 2 is 0.426 bits per heavy atom. The van der Waals surface area contributed by atoms with Crippen molar-refractivity contribution in [1.82, 2.24) is 0 Å². The monoisotopic (exact) mass is 1580 g/mol. The molecule has 0 radical (unpaired) electrons. The molecule has 0 bridgehead atoms. The second-order valence-electron chi connectivity index (χ2n) is 33.4. The minimum Gasteiger partial charge on any atom is -0.462 e. The van der Waals surface area contributed by atoms with Gasteiger partial charge in [-0.25, -0.2) is 9.13 Å². The lowest BCUT2D eigenvalue weighted by atomic mass is 10.0. The lowest BCUT2D eigenvalue weighted by molar-refractivity contribution is -0.161. The van der Waals surface area contributed by atoms with Gasteiger partial charge in [0.25, 0.3) is 0 Å². The van der Waals surface area contributed by atoms with Gasteiger partial charge >= 0.3 is 39.5 Å². The molecular formula is C89H174O17P2. The number of aliphatic hydroxyl groups is 1. The Bertz CT molecular complexity index is 2080. The van der Waals surface area contributed by atoms with Gasteiger partial charge in [0.1, 0.15) is 19.3 Å². The van der Waals surface area contributed by atoms with Crippen LogP contribution < -0.4 is 0 Å². The van der Waals surface area contributed by atoms with Crippen LogP contribution in [0, 0.1) is 17.8 Å². The normalized spacial score (nSPS) is 13.8. The van der Waals surface area contributed by atoms with Crippen molar-refractivity contribution in [3.63, 3.8) is 0 Å². The summed E-state index contributed by atoms with van der Waals surface area (Å²) in [5.41, 5.74) is 0. The molecule has 0 aromatic heterocycles. The van der Waals surface area contributed by atoms with Crippen LogP contribution in [-0.2, 0) is 65.4 Å². The van der Waals surface area contributed by atoms with Gasteiger partial charge in [-0.1, -0.05) is 421 Å². The fraction of sp³-hybridized carbons (Fsp3) is 0.955. The zero-order valence-corrected chi connectivity index (χ0v) is 73.1. The van der Waals surface area contributed by atoms with E-state index in [0.29, 0.717) is 25.7 Å². The molecule has 2 unspecified atom stereocenters. The topological polar surface area (TPSA) is 237 Å². The van der Waals surface area contributed by atoms with Gasteiger partial charge in [0.2, 0.25) is 0 Å². The fourth-order valence-electron chi connectivity index (χ4n) is 13.9. The highest BCUT2D eigenvalue weighted by Crippen LogP contribution is 2.45. The van der Waals surface area contributed by atoms with E-state index < -0.39 is 97.5 Å². The minimum atomic E-state index is -4.97. The molecule has 0 heterocycles. The fourth-order valence-corrected chi connectivity index (χ4v) is 15.5. The van der Waals surface area contributed by atoms with Gasteiger partial charge in [0.05, 0.1) is 26.4 Å². The van der Waals surface area contributed by atoms with Gasteiger partial charge in [0, 0.05) is 25.7 Å². The van der Waals surface area contributed by atoms with Gasteiger partial charge in [-0.05, 0) is 43.4 Å². The van der Waals surface area contributed by atoms with Crippen LogP contribution in [0.3, 0.4) is 0 Å². The number of hydrogen-bond acceptors (Lipinski definition) is 15. The van der Waals surface area contributed by atoms with E-state index in [1.54, 1.807) is 0 Å². The van der Waals surface area contributed by atoms with Crippen molar-refractivity contribution in [2.75, 3.05) is 39.6 Å². The van der Waals surface area contributed by atoms with E-state index in [9.17, 15) is 43.2 Å². The lowest BCUT2D eigenvalue weighted by Crippen LogP contribution is -2.30. The molecule has 0 saturated carbocycles. The minimum absolute atomic E-state index is 0.107. The van der Waals surface area contributed by atoms with Crippen LogP contribution in [0.5, 0.6) is 0 Å². The molecule has 0 aromatic rings. The third kappa shape index (κ3) is 82.1. The molecule has 19 heteroatoms. The lowest BCUT2D eigenvalue weighted by Gasteiger charge is -2.21. The maximum absolute atomic E-state index is 13.2.